The van der Waals surface area contributed by atoms with Crippen LogP contribution in [0.1, 0.15) is 33.6 Å². The molecule has 3 atom stereocenters. The third-order valence-electron chi connectivity index (χ3n) is 8.08. The predicted molar refractivity (Wildman–Crippen MR) is 179 cm³/mol. The lowest BCUT2D eigenvalue weighted by Crippen LogP contribution is -2.32. The molecule has 0 spiro atoms. The second kappa shape index (κ2) is 12.5. The van der Waals surface area contributed by atoms with E-state index in [9.17, 15) is 24.0 Å². The Kier molecular flexibility index (Phi) is 8.12. The smallest absolute Gasteiger partial charge is 0.338 e. The normalized spacial score (nSPS) is 18.5. The third-order valence-corrected chi connectivity index (χ3v) is 10.5. The van der Waals surface area contributed by atoms with Crippen molar-refractivity contribution in [3.63, 3.8) is 0 Å². The summed E-state index contributed by atoms with van der Waals surface area (Å²) < 4.78 is 10.9. The summed E-state index contributed by atoms with van der Waals surface area (Å²) in [6.07, 6.45) is 0. The van der Waals surface area contributed by atoms with Gasteiger partial charge in [0.25, 0.3) is 5.91 Å². The Hall–Kier alpha value is -5.20. The van der Waals surface area contributed by atoms with E-state index in [1.165, 1.54) is 23.9 Å². The number of amides is 3. The molecule has 1 aromatic heterocycles. The summed E-state index contributed by atoms with van der Waals surface area (Å²) in [5.74, 6) is -2.67. The van der Waals surface area contributed by atoms with Gasteiger partial charge in [-0.1, -0.05) is 65.6 Å². The average molecular weight is 666 g/mol. The van der Waals surface area contributed by atoms with Crippen LogP contribution in [-0.2, 0) is 19.1 Å². The van der Waals surface area contributed by atoms with Crippen LogP contribution in [0.2, 0.25) is 0 Å². The number of aromatic amines is 1. The van der Waals surface area contributed by atoms with Gasteiger partial charge < -0.3 is 19.8 Å². The lowest BCUT2D eigenvalue weighted by atomic mass is 9.83. The molecule has 1 fully saturated rings. The van der Waals surface area contributed by atoms with E-state index in [4.69, 9.17) is 9.47 Å². The Balaban J connectivity index is 1.13. The Labute approximate surface area is 276 Å². The van der Waals surface area contributed by atoms with Crippen LogP contribution in [0.4, 0.5) is 11.4 Å². The summed E-state index contributed by atoms with van der Waals surface area (Å²) in [6, 6.07) is 26.7. The zero-order valence-electron chi connectivity index (χ0n) is 24.9. The number of hydrogen-bond acceptors (Lipinski definition) is 9. The maximum Gasteiger partial charge on any atom is 0.338 e. The molecule has 236 valence electrons. The van der Waals surface area contributed by atoms with Crippen molar-refractivity contribution in [2.75, 3.05) is 23.4 Å². The number of esters is 1. The van der Waals surface area contributed by atoms with E-state index >= 15 is 0 Å². The largest absolute Gasteiger partial charge is 0.484 e. The van der Waals surface area contributed by atoms with Gasteiger partial charge in [-0.25, -0.2) is 9.69 Å². The van der Waals surface area contributed by atoms with Crippen molar-refractivity contribution >= 4 is 68.9 Å². The number of imide groups is 1. The van der Waals surface area contributed by atoms with Crippen LogP contribution in [0, 0.1) is 5.92 Å². The van der Waals surface area contributed by atoms with Gasteiger partial charge in [0.15, 0.2) is 6.61 Å². The molecule has 47 heavy (non-hydrogen) atoms. The molecule has 0 aliphatic carbocycles. The number of anilines is 2. The molecule has 5 aromatic rings. The van der Waals surface area contributed by atoms with Crippen molar-refractivity contribution < 1.29 is 28.7 Å². The van der Waals surface area contributed by atoms with Gasteiger partial charge in [-0.15, -0.1) is 0 Å². The first-order valence-corrected chi connectivity index (χ1v) is 16.6. The van der Waals surface area contributed by atoms with Gasteiger partial charge in [-0.3, -0.25) is 19.2 Å². The molecule has 10 nitrogen and oxygen atoms in total. The maximum absolute atomic E-state index is 14.1. The summed E-state index contributed by atoms with van der Waals surface area (Å²) in [5.41, 5.74) is 1.97. The van der Waals surface area contributed by atoms with Gasteiger partial charge in [-0.05, 0) is 71.8 Å². The maximum atomic E-state index is 14.1. The number of nitrogens with zero attached hydrogens (tertiary/aromatic N) is 1. The van der Waals surface area contributed by atoms with Crippen LogP contribution in [0.25, 0.3) is 10.8 Å². The molecule has 2 aliphatic rings. The standard InChI is InChI=1S/C35H27N3O7S2/c1-2-44-34(42)20-11-14-24(15-12-20)38-32(40)28-27(29-31(37-35(43)47-29)46-30(28)33(38)41)22-8-5-9-25(17-22)45-18-26(39)36-23-13-10-19-6-3-4-7-21(19)16-23/h3-17,27-28,30H,2,18H2,1H3,(H,36,39)(H,37,43)/t27-,28?,30?/m1/s1. The molecule has 1 saturated heterocycles. The highest BCUT2D eigenvalue weighted by Gasteiger charge is 2.56. The molecule has 3 heterocycles. The molecule has 7 rings (SSSR count). The molecule has 2 unspecified atom stereocenters. The molecule has 4 aromatic carbocycles. The summed E-state index contributed by atoms with van der Waals surface area (Å²) in [5, 5.41) is 4.69. The lowest BCUT2D eigenvalue weighted by molar-refractivity contribution is -0.122. The van der Waals surface area contributed by atoms with E-state index in [1.807, 2.05) is 48.5 Å². The highest BCUT2D eigenvalue weighted by molar-refractivity contribution is 8.00. The number of carbonyl (C=O) groups excluding carboxylic acids is 4. The fraction of sp³-hybridized carbons (Fsp3) is 0.171. The minimum Gasteiger partial charge on any atom is -0.484 e. The number of carbonyl (C=O) groups is 4. The molecule has 0 radical (unpaired) electrons. The SMILES string of the molecule is CCOC(=O)c1ccc(N2C(=O)C3Sc4[nH]c(=O)sc4[C@H](c4cccc(OCC(=O)Nc5ccc6ccccc6c5)c4)C3C2=O)cc1. The number of thioether (sulfide) groups is 1. The number of ether oxygens (including phenoxy) is 2. The monoisotopic (exact) mass is 665 g/mol. The Morgan fingerprint density at radius 1 is 0.894 bits per heavy atom. The topological polar surface area (TPSA) is 135 Å². The number of H-pyrrole nitrogens is 1. The summed E-state index contributed by atoms with van der Waals surface area (Å²) in [6.45, 7) is 1.68. The highest BCUT2D eigenvalue weighted by Crippen LogP contribution is 2.53. The van der Waals surface area contributed by atoms with E-state index < -0.39 is 34.9 Å². The second-order valence-corrected chi connectivity index (χ2v) is 13.2. The van der Waals surface area contributed by atoms with Crippen LogP contribution < -0.4 is 19.8 Å². The number of rotatable bonds is 8. The molecule has 0 saturated carbocycles. The predicted octanol–water partition coefficient (Wildman–Crippen LogP) is 5.58. The van der Waals surface area contributed by atoms with Gasteiger partial charge in [0, 0.05) is 16.5 Å². The number of nitrogens with one attached hydrogen (secondary N) is 2. The lowest BCUT2D eigenvalue weighted by Gasteiger charge is -2.30. The number of fused-ring (bicyclic) bond motifs is 3. The van der Waals surface area contributed by atoms with Gasteiger partial charge in [0.1, 0.15) is 11.0 Å². The molecule has 2 N–H and O–H groups in total. The van der Waals surface area contributed by atoms with E-state index in [-0.39, 0.29) is 24.0 Å². The van der Waals surface area contributed by atoms with Crippen LogP contribution in [0.15, 0.2) is 101 Å². The van der Waals surface area contributed by atoms with Crippen LogP contribution in [0.5, 0.6) is 5.75 Å². The van der Waals surface area contributed by atoms with Crippen molar-refractivity contribution in [1.29, 1.82) is 0 Å². The molecular weight excluding hydrogens is 639 g/mol. The average Bonchev–Trinajstić information content (AvgIpc) is 3.57. The Morgan fingerprint density at radius 3 is 2.47 bits per heavy atom. The fourth-order valence-electron chi connectivity index (χ4n) is 6.00. The molecule has 0 bridgehead atoms. The van der Waals surface area contributed by atoms with Crippen molar-refractivity contribution in [2.24, 2.45) is 5.92 Å². The number of hydrogen-bond donors (Lipinski definition) is 2. The van der Waals surface area contributed by atoms with Crippen molar-refractivity contribution in [3.05, 3.63) is 117 Å². The zero-order chi connectivity index (χ0) is 32.7. The van der Waals surface area contributed by atoms with E-state index in [1.54, 1.807) is 37.3 Å². The molecule has 2 aliphatic heterocycles. The molecular formula is C35H27N3O7S2. The van der Waals surface area contributed by atoms with Crippen LogP contribution in [0.3, 0.4) is 0 Å². The Morgan fingerprint density at radius 2 is 1.68 bits per heavy atom. The van der Waals surface area contributed by atoms with Crippen LogP contribution in [-0.4, -0.2) is 47.1 Å². The molecule has 12 heteroatoms. The van der Waals surface area contributed by atoms with Gasteiger partial charge >= 0.3 is 10.8 Å². The van der Waals surface area contributed by atoms with Crippen molar-refractivity contribution in [1.82, 2.24) is 4.98 Å². The fourth-order valence-corrected chi connectivity index (χ4v) is 8.52. The quantitative estimate of drug-likeness (QED) is 0.162. The van der Waals surface area contributed by atoms with E-state index in [0.717, 1.165) is 27.0 Å². The van der Waals surface area contributed by atoms with Crippen molar-refractivity contribution in [2.45, 2.75) is 23.1 Å². The first-order chi connectivity index (χ1) is 22.8. The zero-order valence-corrected chi connectivity index (χ0v) is 26.6. The summed E-state index contributed by atoms with van der Waals surface area (Å²) >= 11 is 2.18. The number of aromatic nitrogens is 1. The second-order valence-electron chi connectivity index (χ2n) is 11.0. The van der Waals surface area contributed by atoms with Crippen LogP contribution >= 0.6 is 23.1 Å². The summed E-state index contributed by atoms with van der Waals surface area (Å²) in [7, 11) is 0. The minimum atomic E-state index is -0.803. The highest BCUT2D eigenvalue weighted by atomic mass is 32.2. The number of thiazole rings is 1. The van der Waals surface area contributed by atoms with Crippen molar-refractivity contribution in [3.8, 4) is 5.75 Å². The van der Waals surface area contributed by atoms with E-state index in [2.05, 4.69) is 10.3 Å². The van der Waals surface area contributed by atoms with Gasteiger partial charge in [-0.2, -0.15) is 0 Å². The Bertz CT molecular complexity index is 2110. The first kappa shape index (κ1) is 30.5. The third kappa shape index (κ3) is 5.81. The summed E-state index contributed by atoms with van der Waals surface area (Å²) in [4.78, 5) is 69.6. The van der Waals surface area contributed by atoms with E-state index in [0.29, 0.717) is 38.2 Å². The first-order valence-electron chi connectivity index (χ1n) is 14.9. The van der Waals surface area contributed by atoms with Gasteiger partial charge in [0.2, 0.25) is 11.8 Å². The minimum absolute atomic E-state index is 0.225. The molecule has 3 amide bonds. The van der Waals surface area contributed by atoms with Gasteiger partial charge in [0.05, 0.1) is 28.8 Å². The number of benzene rings is 4.